The Hall–Kier alpha value is -2.47. The lowest BCUT2D eigenvalue weighted by Gasteiger charge is -2.30. The summed E-state index contributed by atoms with van der Waals surface area (Å²) < 4.78 is 0. The van der Waals surface area contributed by atoms with Gasteiger partial charge >= 0.3 is 0 Å². The van der Waals surface area contributed by atoms with E-state index in [2.05, 4.69) is 58.3 Å². The van der Waals surface area contributed by atoms with E-state index >= 15 is 0 Å². The molecule has 0 unspecified atom stereocenters. The average Bonchev–Trinajstić information content (AvgIpc) is 3.19. The quantitative estimate of drug-likeness (QED) is 0.869. The summed E-state index contributed by atoms with van der Waals surface area (Å²) in [6, 6.07) is 9.21. The van der Waals surface area contributed by atoms with Crippen LogP contribution in [-0.4, -0.2) is 54.0 Å². The lowest BCUT2D eigenvalue weighted by Crippen LogP contribution is -2.36. The number of carbonyl (C=O) groups is 1. The first-order chi connectivity index (χ1) is 13.5. The number of aromatic nitrogens is 2. The van der Waals surface area contributed by atoms with Crippen molar-refractivity contribution in [3.63, 3.8) is 0 Å². The van der Waals surface area contributed by atoms with Crippen molar-refractivity contribution in [3.05, 3.63) is 52.5 Å². The summed E-state index contributed by atoms with van der Waals surface area (Å²) in [5.74, 6) is 2.80. The zero-order chi connectivity index (χ0) is 19.4. The molecule has 28 heavy (non-hydrogen) atoms. The van der Waals surface area contributed by atoms with Gasteiger partial charge < -0.3 is 10.2 Å². The molecule has 6 nitrogen and oxygen atoms in total. The summed E-state index contributed by atoms with van der Waals surface area (Å²) in [4.78, 5) is 26.4. The number of hydrogen-bond acceptors (Lipinski definition) is 5. The Morgan fingerprint density at radius 1 is 1.11 bits per heavy atom. The van der Waals surface area contributed by atoms with Crippen LogP contribution in [0.1, 0.15) is 39.0 Å². The molecule has 3 aliphatic rings. The number of amides is 1. The average molecular weight is 377 g/mol. The van der Waals surface area contributed by atoms with E-state index in [1.165, 1.54) is 11.1 Å². The van der Waals surface area contributed by atoms with Gasteiger partial charge in [0.1, 0.15) is 17.3 Å². The second-order valence-corrected chi connectivity index (χ2v) is 8.50. The molecule has 0 spiro atoms. The van der Waals surface area contributed by atoms with Crippen LogP contribution in [0.2, 0.25) is 0 Å². The van der Waals surface area contributed by atoms with Crippen molar-refractivity contribution in [2.24, 2.45) is 11.8 Å². The topological polar surface area (TPSA) is 61.4 Å². The Labute approximate surface area is 166 Å². The van der Waals surface area contributed by atoms with Gasteiger partial charge in [0.25, 0.3) is 5.91 Å². The highest BCUT2D eigenvalue weighted by atomic mass is 16.1. The van der Waals surface area contributed by atoms with Gasteiger partial charge in [0.05, 0.1) is 0 Å². The molecule has 1 aromatic heterocycles. The molecule has 3 aliphatic heterocycles. The van der Waals surface area contributed by atoms with E-state index in [0.717, 1.165) is 37.4 Å². The molecular weight excluding hydrogens is 350 g/mol. The number of aryl methyl sites for hydroxylation is 2. The molecule has 0 radical (unpaired) electrons. The van der Waals surface area contributed by atoms with Crippen molar-refractivity contribution in [2.45, 2.75) is 26.3 Å². The minimum atomic E-state index is -0.0649. The van der Waals surface area contributed by atoms with Crippen LogP contribution in [0.4, 0.5) is 5.82 Å². The van der Waals surface area contributed by atoms with Gasteiger partial charge in [0.2, 0.25) is 0 Å². The van der Waals surface area contributed by atoms with E-state index in [1.807, 2.05) is 6.92 Å². The maximum atomic E-state index is 12.3. The monoisotopic (exact) mass is 377 g/mol. The van der Waals surface area contributed by atoms with Crippen molar-refractivity contribution < 1.29 is 4.79 Å². The predicted octanol–water partition coefficient (Wildman–Crippen LogP) is 2.12. The van der Waals surface area contributed by atoms with Gasteiger partial charge in [0, 0.05) is 43.7 Å². The minimum Gasteiger partial charge on any atom is -0.356 e. The number of hydrogen-bond donors (Lipinski definition) is 1. The number of benzene rings is 1. The van der Waals surface area contributed by atoms with Gasteiger partial charge in [-0.05, 0) is 44.4 Å². The highest BCUT2D eigenvalue weighted by Gasteiger charge is 2.47. The largest absolute Gasteiger partial charge is 0.356 e. The van der Waals surface area contributed by atoms with E-state index in [-0.39, 0.29) is 5.91 Å². The van der Waals surface area contributed by atoms with E-state index in [1.54, 1.807) is 0 Å². The van der Waals surface area contributed by atoms with E-state index in [4.69, 9.17) is 4.98 Å². The number of anilines is 1. The number of nitrogens with one attached hydrogen (secondary N) is 1. The fraction of sp³-hybridized carbons (Fsp3) is 0.500. The Kier molecular flexibility index (Phi) is 4.12. The molecule has 4 heterocycles. The van der Waals surface area contributed by atoms with Gasteiger partial charge in [-0.25, -0.2) is 9.97 Å². The van der Waals surface area contributed by atoms with Crippen LogP contribution in [-0.2, 0) is 6.42 Å². The molecular formula is C22H27N5O. The third kappa shape index (κ3) is 2.70. The SMILES string of the molecule is Cc1nc2c(c(N3C[C@@H]4CN(C)[C@H](c5ccccc5C)[C@@H]4C3)n1)CCNC2=O. The Bertz CT molecular complexity index is 943. The van der Waals surface area contributed by atoms with Crippen LogP contribution in [0.25, 0.3) is 0 Å². The molecule has 1 amide bonds. The van der Waals surface area contributed by atoms with E-state index < -0.39 is 0 Å². The molecule has 1 N–H and O–H groups in total. The number of carbonyl (C=O) groups excluding carboxylic acids is 1. The summed E-state index contributed by atoms with van der Waals surface area (Å²) in [6.45, 7) is 7.85. The lowest BCUT2D eigenvalue weighted by molar-refractivity contribution is 0.0940. The number of fused-ring (bicyclic) bond motifs is 2. The molecule has 2 fully saturated rings. The highest BCUT2D eigenvalue weighted by molar-refractivity contribution is 5.96. The highest BCUT2D eigenvalue weighted by Crippen LogP contribution is 2.46. The first-order valence-electron chi connectivity index (χ1n) is 10.2. The number of rotatable bonds is 2. The van der Waals surface area contributed by atoms with Crippen LogP contribution in [0.5, 0.6) is 0 Å². The number of nitrogens with zero attached hydrogens (tertiary/aromatic N) is 4. The first-order valence-corrected chi connectivity index (χ1v) is 10.2. The predicted molar refractivity (Wildman–Crippen MR) is 109 cm³/mol. The molecule has 5 rings (SSSR count). The van der Waals surface area contributed by atoms with Crippen LogP contribution in [0.15, 0.2) is 24.3 Å². The summed E-state index contributed by atoms with van der Waals surface area (Å²) >= 11 is 0. The van der Waals surface area contributed by atoms with Crippen molar-refractivity contribution in [1.82, 2.24) is 20.2 Å². The third-order valence-electron chi connectivity index (χ3n) is 6.67. The molecule has 6 heteroatoms. The fourth-order valence-electron chi connectivity index (χ4n) is 5.46. The molecule has 0 aliphatic carbocycles. The summed E-state index contributed by atoms with van der Waals surface area (Å²) in [7, 11) is 2.25. The van der Waals surface area contributed by atoms with Crippen molar-refractivity contribution in [1.29, 1.82) is 0 Å². The van der Waals surface area contributed by atoms with E-state index in [0.29, 0.717) is 35.9 Å². The standard InChI is InChI=1S/C22H27N5O/c1-13-6-4-5-7-16(13)20-18-12-27(11-15(18)10-26(20)3)21-17-8-9-23-22(28)19(17)24-14(2)25-21/h4-7,15,18,20H,8-12H2,1-3H3,(H,23,28)/t15-,18+,20+/m0/s1. The van der Waals surface area contributed by atoms with Crippen molar-refractivity contribution in [2.75, 3.05) is 38.1 Å². The van der Waals surface area contributed by atoms with Crippen LogP contribution in [0, 0.1) is 25.7 Å². The molecule has 146 valence electrons. The van der Waals surface area contributed by atoms with Gasteiger partial charge in [-0.3, -0.25) is 9.69 Å². The number of likely N-dealkylation sites (tertiary alicyclic amines) is 1. The maximum absolute atomic E-state index is 12.3. The van der Waals surface area contributed by atoms with Gasteiger partial charge in [0.15, 0.2) is 0 Å². The molecule has 3 atom stereocenters. The Morgan fingerprint density at radius 3 is 2.75 bits per heavy atom. The van der Waals surface area contributed by atoms with Gasteiger partial charge in [-0.2, -0.15) is 0 Å². The zero-order valence-corrected chi connectivity index (χ0v) is 16.8. The fourth-order valence-corrected chi connectivity index (χ4v) is 5.46. The Balaban J connectivity index is 1.49. The minimum absolute atomic E-state index is 0.0649. The lowest BCUT2D eigenvalue weighted by atomic mass is 9.88. The third-order valence-corrected chi connectivity index (χ3v) is 6.67. The van der Waals surface area contributed by atoms with Crippen molar-refractivity contribution >= 4 is 11.7 Å². The van der Waals surface area contributed by atoms with Crippen LogP contribution in [0.3, 0.4) is 0 Å². The summed E-state index contributed by atoms with van der Waals surface area (Å²) in [5, 5.41) is 2.91. The summed E-state index contributed by atoms with van der Waals surface area (Å²) in [6.07, 6.45) is 0.809. The molecule has 0 bridgehead atoms. The second kappa shape index (κ2) is 6.55. The molecule has 1 aromatic carbocycles. The molecule has 0 saturated carbocycles. The molecule has 2 saturated heterocycles. The first kappa shape index (κ1) is 17.6. The van der Waals surface area contributed by atoms with Gasteiger partial charge in [-0.15, -0.1) is 0 Å². The smallest absolute Gasteiger partial charge is 0.270 e. The normalized spacial score (nSPS) is 26.9. The van der Waals surface area contributed by atoms with Crippen LogP contribution < -0.4 is 10.2 Å². The Morgan fingerprint density at radius 2 is 1.93 bits per heavy atom. The van der Waals surface area contributed by atoms with Gasteiger partial charge in [-0.1, -0.05) is 24.3 Å². The zero-order valence-electron chi connectivity index (χ0n) is 16.8. The summed E-state index contributed by atoms with van der Waals surface area (Å²) in [5.41, 5.74) is 4.40. The van der Waals surface area contributed by atoms with Crippen LogP contribution >= 0.6 is 0 Å². The van der Waals surface area contributed by atoms with Crippen molar-refractivity contribution in [3.8, 4) is 0 Å². The second-order valence-electron chi connectivity index (χ2n) is 8.50. The van der Waals surface area contributed by atoms with E-state index in [9.17, 15) is 4.79 Å². The molecule has 2 aromatic rings. The maximum Gasteiger partial charge on any atom is 0.270 e.